The molecule has 0 radical (unpaired) electrons. The van der Waals surface area contributed by atoms with Crippen LogP contribution < -0.4 is 4.90 Å². The molecule has 7 aromatic rings. The predicted molar refractivity (Wildman–Crippen MR) is 204 cm³/mol. The zero-order chi connectivity index (χ0) is 31.9. The van der Waals surface area contributed by atoms with Gasteiger partial charge in [-0.2, -0.15) is 0 Å². The van der Waals surface area contributed by atoms with E-state index in [1.165, 1.54) is 72.1 Å². The largest absolute Gasteiger partial charge is 0.310 e. The Kier molecular flexibility index (Phi) is 7.09. The number of hydrogen-bond acceptors (Lipinski definition) is 1. The Labute approximate surface area is 282 Å². The van der Waals surface area contributed by atoms with E-state index in [1.54, 1.807) is 0 Å². The van der Waals surface area contributed by atoms with Crippen molar-refractivity contribution in [1.82, 2.24) is 0 Å². The van der Waals surface area contributed by atoms with Gasteiger partial charge in [-0.1, -0.05) is 146 Å². The molecule has 0 saturated heterocycles. The summed E-state index contributed by atoms with van der Waals surface area (Å²) in [4.78, 5) is 2.39. The number of hydrogen-bond donors (Lipinski definition) is 0. The summed E-state index contributed by atoms with van der Waals surface area (Å²) in [6, 6.07) is 57.9. The molecule has 9 rings (SSSR count). The molecule has 2 aliphatic carbocycles. The topological polar surface area (TPSA) is 3.24 Å². The Morgan fingerprint density at radius 2 is 1.04 bits per heavy atom. The highest BCUT2D eigenvalue weighted by Crippen LogP contribution is 2.43. The molecule has 1 nitrogen and oxygen atoms in total. The van der Waals surface area contributed by atoms with E-state index in [0.29, 0.717) is 0 Å². The molecule has 2 aliphatic rings. The molecule has 0 saturated carbocycles. The van der Waals surface area contributed by atoms with Gasteiger partial charge in [0.25, 0.3) is 0 Å². The Bertz CT molecular complexity index is 2330. The van der Waals surface area contributed by atoms with Gasteiger partial charge in [-0.25, -0.2) is 0 Å². The van der Waals surface area contributed by atoms with Crippen LogP contribution in [0.25, 0.3) is 49.7 Å². The summed E-state index contributed by atoms with van der Waals surface area (Å²) >= 11 is 0. The second-order valence-corrected chi connectivity index (χ2v) is 12.8. The monoisotopic (exact) mass is 613 g/mol. The van der Waals surface area contributed by atoms with Crippen molar-refractivity contribution in [1.29, 1.82) is 0 Å². The SMILES string of the molecule is C1=CC(c2ccc(-c3ccc(N(c4ccc(-c5cccc6c5Cc5ccccc5-6)cc4)c4cccc5ccccc45)cc3)cc2)=CCC1. The van der Waals surface area contributed by atoms with Crippen LogP contribution in [-0.2, 0) is 6.42 Å². The molecule has 0 fully saturated rings. The third-order valence-corrected chi connectivity index (χ3v) is 9.97. The first-order valence-corrected chi connectivity index (χ1v) is 17.0. The molecule has 0 amide bonds. The molecule has 0 spiro atoms. The normalized spacial score (nSPS) is 13.2. The van der Waals surface area contributed by atoms with Gasteiger partial charge in [-0.05, 0) is 111 Å². The van der Waals surface area contributed by atoms with Gasteiger partial charge >= 0.3 is 0 Å². The first kappa shape index (κ1) is 28.3. The van der Waals surface area contributed by atoms with E-state index in [-0.39, 0.29) is 0 Å². The standard InChI is InChI=1S/C47H35N/c1-2-10-33(11-3-1)34-20-22-35(23-21-34)36-24-28-40(29-25-36)48(47-19-8-14-37-12-4-7-16-44(37)47)41-30-26-38(27-31-41)42-17-9-18-45-43-15-6-5-13-39(43)32-46(42)45/h2,4-31H,1,3,32H2. The Balaban J connectivity index is 1.08. The van der Waals surface area contributed by atoms with Crippen molar-refractivity contribution in [3.05, 3.63) is 193 Å². The first-order chi connectivity index (χ1) is 23.8. The quantitative estimate of drug-likeness (QED) is 0.180. The summed E-state index contributed by atoms with van der Waals surface area (Å²) in [5.41, 5.74) is 16.6. The molecule has 0 unspecified atom stereocenters. The molecule has 0 aromatic heterocycles. The van der Waals surface area contributed by atoms with E-state index in [1.807, 2.05) is 0 Å². The molecule has 48 heavy (non-hydrogen) atoms. The molecule has 228 valence electrons. The van der Waals surface area contributed by atoms with Crippen LogP contribution in [0.4, 0.5) is 17.1 Å². The van der Waals surface area contributed by atoms with Crippen LogP contribution in [0.15, 0.2) is 176 Å². The minimum Gasteiger partial charge on any atom is -0.310 e. The van der Waals surface area contributed by atoms with Crippen molar-refractivity contribution < 1.29 is 0 Å². The number of fused-ring (bicyclic) bond motifs is 4. The molecule has 0 bridgehead atoms. The molecular weight excluding hydrogens is 579 g/mol. The summed E-state index contributed by atoms with van der Waals surface area (Å²) in [7, 11) is 0. The van der Waals surface area contributed by atoms with E-state index in [0.717, 1.165) is 30.6 Å². The van der Waals surface area contributed by atoms with E-state index in [9.17, 15) is 0 Å². The highest BCUT2D eigenvalue weighted by molar-refractivity contribution is 5.99. The maximum atomic E-state index is 2.39. The molecule has 7 aromatic carbocycles. The third kappa shape index (κ3) is 5.05. The lowest BCUT2D eigenvalue weighted by atomic mass is 9.95. The maximum absolute atomic E-state index is 2.39. The van der Waals surface area contributed by atoms with Gasteiger partial charge in [-0.15, -0.1) is 0 Å². The molecule has 0 atom stereocenters. The number of benzene rings is 7. The Morgan fingerprint density at radius 3 is 1.81 bits per heavy atom. The summed E-state index contributed by atoms with van der Waals surface area (Å²) in [6.07, 6.45) is 10.1. The lowest BCUT2D eigenvalue weighted by Crippen LogP contribution is -2.10. The fourth-order valence-electron chi connectivity index (χ4n) is 7.53. The van der Waals surface area contributed by atoms with Crippen LogP contribution in [0, 0.1) is 0 Å². The van der Waals surface area contributed by atoms with Crippen LogP contribution in [0.5, 0.6) is 0 Å². The van der Waals surface area contributed by atoms with Crippen LogP contribution >= 0.6 is 0 Å². The fourth-order valence-corrected chi connectivity index (χ4v) is 7.53. The molecular formula is C47H35N. The highest BCUT2D eigenvalue weighted by atomic mass is 15.1. The van der Waals surface area contributed by atoms with Gasteiger partial charge in [0.15, 0.2) is 0 Å². The second kappa shape index (κ2) is 12.0. The van der Waals surface area contributed by atoms with Crippen LogP contribution in [0.3, 0.4) is 0 Å². The van der Waals surface area contributed by atoms with E-state index in [4.69, 9.17) is 0 Å². The number of nitrogens with zero attached hydrogens (tertiary/aromatic N) is 1. The van der Waals surface area contributed by atoms with Crippen LogP contribution in [0.1, 0.15) is 29.5 Å². The molecule has 0 N–H and O–H groups in total. The third-order valence-electron chi connectivity index (χ3n) is 9.97. The van der Waals surface area contributed by atoms with Gasteiger partial charge in [0.2, 0.25) is 0 Å². The molecule has 0 heterocycles. The van der Waals surface area contributed by atoms with Gasteiger partial charge in [0.1, 0.15) is 0 Å². The maximum Gasteiger partial charge on any atom is 0.0540 e. The van der Waals surface area contributed by atoms with Crippen molar-refractivity contribution >= 4 is 33.4 Å². The number of rotatable bonds is 6. The van der Waals surface area contributed by atoms with Gasteiger partial charge in [-0.3, -0.25) is 0 Å². The number of allylic oxidation sites excluding steroid dienone is 4. The lowest BCUT2D eigenvalue weighted by molar-refractivity contribution is 1.04. The molecule has 1 heteroatoms. The zero-order valence-electron chi connectivity index (χ0n) is 26.8. The zero-order valence-corrected chi connectivity index (χ0v) is 26.8. The van der Waals surface area contributed by atoms with Crippen molar-refractivity contribution in [3.8, 4) is 33.4 Å². The summed E-state index contributed by atoms with van der Waals surface area (Å²) in [6.45, 7) is 0. The van der Waals surface area contributed by atoms with Crippen molar-refractivity contribution in [3.63, 3.8) is 0 Å². The van der Waals surface area contributed by atoms with Crippen LogP contribution in [-0.4, -0.2) is 0 Å². The second-order valence-electron chi connectivity index (χ2n) is 12.8. The summed E-state index contributed by atoms with van der Waals surface area (Å²) < 4.78 is 0. The lowest BCUT2D eigenvalue weighted by Gasteiger charge is -2.27. The van der Waals surface area contributed by atoms with Gasteiger partial charge < -0.3 is 4.90 Å². The average Bonchev–Trinajstić information content (AvgIpc) is 3.55. The fraction of sp³-hybridized carbons (Fsp3) is 0.0638. The average molecular weight is 614 g/mol. The van der Waals surface area contributed by atoms with E-state index >= 15 is 0 Å². The minimum absolute atomic E-state index is 0.982. The van der Waals surface area contributed by atoms with E-state index < -0.39 is 0 Å². The molecule has 0 aliphatic heterocycles. The van der Waals surface area contributed by atoms with E-state index in [2.05, 4.69) is 181 Å². The first-order valence-electron chi connectivity index (χ1n) is 17.0. The minimum atomic E-state index is 0.982. The van der Waals surface area contributed by atoms with Crippen molar-refractivity contribution in [2.45, 2.75) is 19.3 Å². The summed E-state index contributed by atoms with van der Waals surface area (Å²) in [5.74, 6) is 0. The Morgan fingerprint density at radius 1 is 0.438 bits per heavy atom. The summed E-state index contributed by atoms with van der Waals surface area (Å²) in [5, 5.41) is 2.46. The predicted octanol–water partition coefficient (Wildman–Crippen LogP) is 12.9. The van der Waals surface area contributed by atoms with Crippen molar-refractivity contribution in [2.24, 2.45) is 0 Å². The number of anilines is 3. The van der Waals surface area contributed by atoms with Gasteiger partial charge in [0.05, 0.1) is 5.69 Å². The Hall–Kier alpha value is -5.92. The van der Waals surface area contributed by atoms with Crippen molar-refractivity contribution in [2.75, 3.05) is 4.90 Å². The highest BCUT2D eigenvalue weighted by Gasteiger charge is 2.22. The smallest absolute Gasteiger partial charge is 0.0540 e. The van der Waals surface area contributed by atoms with Gasteiger partial charge in [0, 0.05) is 16.8 Å². The van der Waals surface area contributed by atoms with Crippen LogP contribution in [0.2, 0.25) is 0 Å².